The van der Waals surface area contributed by atoms with E-state index in [1.54, 1.807) is 30.6 Å². The summed E-state index contributed by atoms with van der Waals surface area (Å²) in [6, 6.07) is 8.92. The van der Waals surface area contributed by atoms with Crippen molar-refractivity contribution in [2.75, 3.05) is 18.9 Å². The molecule has 4 rings (SSSR count). The molecule has 0 aliphatic carbocycles. The van der Waals surface area contributed by atoms with E-state index in [9.17, 15) is 4.57 Å². The zero-order chi connectivity index (χ0) is 21.1. The van der Waals surface area contributed by atoms with Crippen LogP contribution in [-0.2, 0) is 13.8 Å². The molecule has 1 aliphatic heterocycles. The molecular formula is C19H24N5O5P. The van der Waals surface area contributed by atoms with Gasteiger partial charge in [-0.25, -0.2) is 9.55 Å². The molecule has 3 heterocycles. The molecule has 4 atom stereocenters. The topological polar surface area (TPSA) is 124 Å². The van der Waals surface area contributed by atoms with E-state index in [1.165, 1.54) is 0 Å². The molecule has 1 saturated heterocycles. The number of para-hydroxylation sites is 1. The van der Waals surface area contributed by atoms with Crippen LogP contribution in [0.2, 0.25) is 0 Å². The lowest BCUT2D eigenvalue weighted by Crippen LogP contribution is -2.16. The van der Waals surface area contributed by atoms with Crippen LogP contribution in [0.25, 0.3) is 11.2 Å². The zero-order valence-electron chi connectivity index (χ0n) is 16.7. The minimum Gasteiger partial charge on any atom is -0.476 e. The van der Waals surface area contributed by atoms with Crippen LogP contribution in [0.1, 0.15) is 26.5 Å². The summed E-state index contributed by atoms with van der Waals surface area (Å²) in [5.41, 5.74) is 6.92. The Morgan fingerprint density at radius 1 is 1.30 bits per heavy atom. The Balaban J connectivity index is 1.42. The average Bonchev–Trinajstić information content (AvgIpc) is 3.30. The largest absolute Gasteiger partial charge is 0.476 e. The Labute approximate surface area is 174 Å². The maximum Gasteiger partial charge on any atom is 0.367 e. The molecule has 0 amide bonds. The number of aromatic nitrogens is 4. The molecule has 0 spiro atoms. The van der Waals surface area contributed by atoms with E-state index >= 15 is 0 Å². The van der Waals surface area contributed by atoms with Crippen molar-refractivity contribution < 1.29 is 23.1 Å². The van der Waals surface area contributed by atoms with E-state index in [2.05, 4.69) is 21.9 Å². The van der Waals surface area contributed by atoms with Crippen molar-refractivity contribution in [1.82, 2.24) is 19.5 Å². The first kappa shape index (κ1) is 20.6. The highest BCUT2D eigenvalue weighted by Crippen LogP contribution is 2.38. The third-order valence-corrected chi connectivity index (χ3v) is 5.55. The van der Waals surface area contributed by atoms with Crippen LogP contribution in [-0.4, -0.2) is 38.8 Å². The molecule has 0 saturated carbocycles. The first-order chi connectivity index (χ1) is 14.5. The fourth-order valence-electron chi connectivity index (χ4n) is 3.47. The number of ether oxygens (including phenoxy) is 2. The van der Waals surface area contributed by atoms with E-state index < -0.39 is 8.25 Å². The third-order valence-electron chi connectivity index (χ3n) is 4.75. The first-order valence-corrected chi connectivity index (χ1v) is 11.0. The van der Waals surface area contributed by atoms with Crippen molar-refractivity contribution >= 4 is 25.4 Å². The minimum atomic E-state index is -2.67. The van der Waals surface area contributed by atoms with Crippen LogP contribution >= 0.6 is 8.25 Å². The van der Waals surface area contributed by atoms with Crippen molar-refractivity contribution in [3.05, 3.63) is 36.7 Å². The van der Waals surface area contributed by atoms with Crippen LogP contribution in [0.4, 0.5) is 5.95 Å². The number of nitrogen functional groups attached to an aromatic ring is 1. The van der Waals surface area contributed by atoms with Gasteiger partial charge >= 0.3 is 8.25 Å². The number of imidazole rings is 1. The monoisotopic (exact) mass is 433 g/mol. The number of hydrogen-bond acceptors (Lipinski definition) is 9. The molecule has 30 heavy (non-hydrogen) atoms. The Bertz CT molecular complexity index is 1030. The van der Waals surface area contributed by atoms with Crippen LogP contribution in [0, 0.1) is 5.92 Å². The summed E-state index contributed by atoms with van der Waals surface area (Å²) in [6.45, 7) is 4.53. The highest BCUT2D eigenvalue weighted by Gasteiger charge is 2.35. The van der Waals surface area contributed by atoms with Crippen molar-refractivity contribution in [3.8, 4) is 11.6 Å². The SMILES string of the molecule is CCOc1nc(N)nc2c1ncn2[C@@H]1O[C@H](CO[PH](=O)Oc2ccccc2)C[C@@H]1C. The lowest BCUT2D eigenvalue weighted by molar-refractivity contribution is -0.0253. The summed E-state index contributed by atoms with van der Waals surface area (Å²) in [4.78, 5) is 12.8. The molecule has 1 fully saturated rings. The predicted molar refractivity (Wildman–Crippen MR) is 111 cm³/mol. The molecule has 1 aromatic carbocycles. The summed E-state index contributed by atoms with van der Waals surface area (Å²) in [5.74, 6) is 1.11. The lowest BCUT2D eigenvalue weighted by atomic mass is 10.1. The second-order valence-corrected chi connectivity index (χ2v) is 7.97. The zero-order valence-corrected chi connectivity index (χ0v) is 17.7. The average molecular weight is 433 g/mol. The van der Waals surface area contributed by atoms with Gasteiger partial charge in [-0.2, -0.15) is 9.97 Å². The van der Waals surface area contributed by atoms with Crippen molar-refractivity contribution in [3.63, 3.8) is 0 Å². The van der Waals surface area contributed by atoms with Gasteiger partial charge in [0.05, 0.1) is 25.6 Å². The van der Waals surface area contributed by atoms with Gasteiger partial charge in [-0.15, -0.1) is 0 Å². The van der Waals surface area contributed by atoms with Gasteiger partial charge in [-0.1, -0.05) is 25.1 Å². The van der Waals surface area contributed by atoms with E-state index in [1.807, 2.05) is 17.6 Å². The van der Waals surface area contributed by atoms with Gasteiger partial charge in [0.25, 0.3) is 0 Å². The lowest BCUT2D eigenvalue weighted by Gasteiger charge is -2.18. The Kier molecular flexibility index (Phi) is 6.17. The molecule has 160 valence electrons. The number of nitrogens with two attached hydrogens (primary N) is 1. The summed E-state index contributed by atoms with van der Waals surface area (Å²) < 4.78 is 36.3. The second kappa shape index (κ2) is 8.99. The Hall–Kier alpha value is -2.68. The normalized spacial score (nSPS) is 22.3. The second-order valence-electron chi connectivity index (χ2n) is 6.98. The van der Waals surface area contributed by atoms with Crippen LogP contribution in [0.3, 0.4) is 0 Å². The van der Waals surface area contributed by atoms with Crippen LogP contribution in [0.5, 0.6) is 11.6 Å². The molecule has 10 nitrogen and oxygen atoms in total. The number of nitrogens with zero attached hydrogens (tertiary/aromatic N) is 4. The highest BCUT2D eigenvalue weighted by molar-refractivity contribution is 7.33. The molecule has 2 N–H and O–H groups in total. The van der Waals surface area contributed by atoms with Gasteiger partial charge in [0.15, 0.2) is 11.2 Å². The highest BCUT2D eigenvalue weighted by atomic mass is 31.1. The van der Waals surface area contributed by atoms with Gasteiger partial charge in [0.2, 0.25) is 11.8 Å². The van der Waals surface area contributed by atoms with Gasteiger partial charge in [-0.3, -0.25) is 9.09 Å². The van der Waals surface area contributed by atoms with E-state index in [0.29, 0.717) is 29.4 Å². The number of benzene rings is 1. The third kappa shape index (κ3) is 4.40. The number of anilines is 1. The summed E-state index contributed by atoms with van der Waals surface area (Å²) in [7, 11) is -2.67. The van der Waals surface area contributed by atoms with Crippen molar-refractivity contribution in [2.45, 2.75) is 32.6 Å². The quantitative estimate of drug-likeness (QED) is 0.533. The number of fused-ring (bicyclic) bond motifs is 1. The molecule has 2 aromatic heterocycles. The fraction of sp³-hybridized carbons (Fsp3) is 0.421. The molecule has 11 heteroatoms. The molecule has 3 aromatic rings. The maximum absolute atomic E-state index is 12.1. The number of hydrogen-bond donors (Lipinski definition) is 1. The van der Waals surface area contributed by atoms with Gasteiger partial charge in [0.1, 0.15) is 12.0 Å². The predicted octanol–water partition coefficient (Wildman–Crippen LogP) is 3.22. The molecule has 1 aliphatic rings. The number of rotatable bonds is 8. The molecule has 0 bridgehead atoms. The van der Waals surface area contributed by atoms with Gasteiger partial charge in [-0.05, 0) is 25.5 Å². The smallest absolute Gasteiger partial charge is 0.367 e. The van der Waals surface area contributed by atoms with Crippen molar-refractivity contribution in [1.29, 1.82) is 0 Å². The summed E-state index contributed by atoms with van der Waals surface area (Å²) in [6.07, 6.45) is 1.82. The molecular weight excluding hydrogens is 409 g/mol. The van der Waals surface area contributed by atoms with Crippen LogP contribution in [0.15, 0.2) is 36.7 Å². The molecule has 1 unspecified atom stereocenters. The summed E-state index contributed by atoms with van der Waals surface area (Å²) in [5, 5.41) is 0. The first-order valence-electron chi connectivity index (χ1n) is 9.73. The fourth-order valence-corrected chi connectivity index (χ4v) is 4.18. The van der Waals surface area contributed by atoms with E-state index in [0.717, 1.165) is 6.42 Å². The Morgan fingerprint density at radius 2 is 2.10 bits per heavy atom. The standard InChI is InChI=1S/C19H24N5O5P/c1-3-26-17-15-16(22-19(20)23-17)24(11-21-15)18-12(2)9-14(28-18)10-27-30(25)29-13-7-5-4-6-8-13/h4-8,11-12,14,18,30H,3,9-10H2,1-2H3,(H2,20,22,23)/t12-,14-,18+/m0/s1. The van der Waals surface area contributed by atoms with E-state index in [4.69, 9.17) is 24.3 Å². The van der Waals surface area contributed by atoms with Crippen molar-refractivity contribution in [2.24, 2.45) is 5.92 Å². The summed E-state index contributed by atoms with van der Waals surface area (Å²) >= 11 is 0. The van der Waals surface area contributed by atoms with Gasteiger partial charge in [0, 0.05) is 5.92 Å². The van der Waals surface area contributed by atoms with Crippen LogP contribution < -0.4 is 15.0 Å². The maximum atomic E-state index is 12.1. The Morgan fingerprint density at radius 3 is 2.87 bits per heavy atom. The van der Waals surface area contributed by atoms with E-state index in [-0.39, 0.29) is 30.8 Å². The minimum absolute atomic E-state index is 0.106. The molecule has 0 radical (unpaired) electrons. The van der Waals surface area contributed by atoms with Gasteiger partial charge < -0.3 is 19.7 Å².